The fourth-order valence-electron chi connectivity index (χ4n) is 1.86. The van der Waals surface area contributed by atoms with Crippen molar-refractivity contribution < 1.29 is 0 Å². The zero-order chi connectivity index (χ0) is 5.56. The molecule has 2 aliphatic rings. The molecule has 0 aromatic carbocycles. The molecule has 0 radical (unpaired) electrons. The minimum absolute atomic E-state index is 1.03. The van der Waals surface area contributed by atoms with Crippen molar-refractivity contribution in [3.8, 4) is 0 Å². The zero-order valence-electron chi connectivity index (χ0n) is 5.14. The van der Waals surface area contributed by atoms with Crippen LogP contribution in [0.5, 0.6) is 0 Å². The Labute approximate surface area is 50.7 Å². The van der Waals surface area contributed by atoms with Crippen LogP contribution in [-0.4, -0.2) is 18.0 Å². The first-order valence-electron chi connectivity index (χ1n) is 3.42. The molecule has 1 saturated heterocycles. The maximum atomic E-state index is 3.91. The summed E-state index contributed by atoms with van der Waals surface area (Å²) >= 11 is 0. The molecule has 0 N–H and O–H groups in total. The maximum absolute atomic E-state index is 3.91. The summed E-state index contributed by atoms with van der Waals surface area (Å²) in [5, 5.41) is 0. The highest BCUT2D eigenvalue weighted by Gasteiger charge is 2.34. The van der Waals surface area contributed by atoms with Gasteiger partial charge in [-0.05, 0) is 37.8 Å². The van der Waals surface area contributed by atoms with Crippen molar-refractivity contribution in [2.24, 2.45) is 11.8 Å². The Balaban J connectivity index is 2.00. The Morgan fingerprint density at radius 3 is 1.88 bits per heavy atom. The zero-order valence-corrected chi connectivity index (χ0v) is 5.14. The van der Waals surface area contributed by atoms with Crippen LogP contribution in [0, 0.1) is 18.9 Å². The van der Waals surface area contributed by atoms with Crippen molar-refractivity contribution in [1.29, 1.82) is 0 Å². The van der Waals surface area contributed by atoms with Crippen molar-refractivity contribution in [1.82, 2.24) is 4.90 Å². The molecule has 2 fully saturated rings. The molecule has 0 aromatic rings. The van der Waals surface area contributed by atoms with Crippen LogP contribution >= 0.6 is 0 Å². The summed E-state index contributed by atoms with van der Waals surface area (Å²) in [5.74, 6) is 2.07. The van der Waals surface area contributed by atoms with Gasteiger partial charge in [0.15, 0.2) is 0 Å². The predicted molar refractivity (Wildman–Crippen MR) is 33.1 cm³/mol. The maximum Gasteiger partial charge on any atom is -0.0270 e. The quantitative estimate of drug-likeness (QED) is 0.422. The van der Waals surface area contributed by atoms with Crippen LogP contribution in [0.1, 0.15) is 12.8 Å². The lowest BCUT2D eigenvalue weighted by atomic mass is 9.77. The van der Waals surface area contributed by atoms with Gasteiger partial charge in [0, 0.05) is 0 Å². The lowest BCUT2D eigenvalue weighted by molar-refractivity contribution is 0.243. The van der Waals surface area contributed by atoms with Gasteiger partial charge in [-0.25, -0.2) is 0 Å². The normalized spacial score (nSPS) is 46.1. The number of nitrogens with zero attached hydrogens (tertiary/aromatic N) is 1. The summed E-state index contributed by atoms with van der Waals surface area (Å²) in [6.07, 6.45) is 2.94. The summed E-state index contributed by atoms with van der Waals surface area (Å²) in [6, 6.07) is 0. The number of hydrogen-bond donors (Lipinski definition) is 0. The average molecular weight is 110 g/mol. The first-order chi connectivity index (χ1) is 3.86. The summed E-state index contributed by atoms with van der Waals surface area (Å²) in [7, 11) is 3.91. The van der Waals surface area contributed by atoms with Crippen LogP contribution in [0.15, 0.2) is 0 Å². The summed E-state index contributed by atoms with van der Waals surface area (Å²) in [4.78, 5) is 2.21. The topological polar surface area (TPSA) is 3.24 Å². The lowest BCUT2D eigenvalue weighted by Crippen LogP contribution is -2.22. The van der Waals surface area contributed by atoms with E-state index in [9.17, 15) is 0 Å². The monoisotopic (exact) mass is 110 g/mol. The van der Waals surface area contributed by atoms with E-state index in [2.05, 4.69) is 11.9 Å². The predicted octanol–water partition coefficient (Wildman–Crippen LogP) is 1.12. The van der Waals surface area contributed by atoms with Gasteiger partial charge in [-0.15, -0.1) is 0 Å². The highest BCUT2D eigenvalue weighted by Crippen LogP contribution is 2.39. The third kappa shape index (κ3) is 0.510. The molecule has 1 aliphatic carbocycles. The van der Waals surface area contributed by atoms with Gasteiger partial charge >= 0.3 is 0 Å². The largest absolute Gasteiger partial charge is 0.459 e. The smallest absolute Gasteiger partial charge is 0.0270 e. The number of hydrogen-bond acceptors (Lipinski definition) is 1. The third-order valence-corrected chi connectivity index (χ3v) is 2.56. The molecular weight excluding hydrogens is 98.1 g/mol. The highest BCUT2D eigenvalue weighted by atomic mass is 15.1. The molecule has 1 heterocycles. The van der Waals surface area contributed by atoms with Gasteiger partial charge in [-0.3, -0.25) is 7.05 Å². The van der Waals surface area contributed by atoms with Crippen molar-refractivity contribution in [3.63, 3.8) is 0 Å². The Kier molecular flexibility index (Phi) is 0.884. The molecule has 1 saturated carbocycles. The standard InChI is InChI=1S/C7H12N/c1-8-4-6-2-3-7(6)5-8/h6-7H,1-5H2/q-1/t6-,7+. The SMILES string of the molecule is [CH2-]N1C[C@H]2CC[C@H]2C1. The molecule has 0 aromatic heterocycles. The lowest BCUT2D eigenvalue weighted by Gasteiger charge is -2.28. The van der Waals surface area contributed by atoms with Gasteiger partial charge < -0.3 is 4.90 Å². The molecule has 0 amide bonds. The molecule has 1 heteroatoms. The fourth-order valence-corrected chi connectivity index (χ4v) is 1.86. The van der Waals surface area contributed by atoms with Crippen LogP contribution in [0.2, 0.25) is 0 Å². The van der Waals surface area contributed by atoms with Gasteiger partial charge in [0.05, 0.1) is 0 Å². The Hall–Kier alpha value is -0.0400. The molecule has 0 spiro atoms. The highest BCUT2D eigenvalue weighted by molar-refractivity contribution is 4.90. The Bertz CT molecular complexity index is 88.6. The summed E-state index contributed by atoms with van der Waals surface area (Å²) < 4.78 is 0. The minimum atomic E-state index is 1.03. The van der Waals surface area contributed by atoms with E-state index in [0.29, 0.717) is 0 Å². The number of fused-ring (bicyclic) bond motifs is 1. The van der Waals surface area contributed by atoms with Gasteiger partial charge in [-0.2, -0.15) is 0 Å². The van der Waals surface area contributed by atoms with Crippen LogP contribution in [0.3, 0.4) is 0 Å². The van der Waals surface area contributed by atoms with Crippen LogP contribution in [0.4, 0.5) is 0 Å². The van der Waals surface area contributed by atoms with E-state index in [-0.39, 0.29) is 0 Å². The molecular formula is C7H12N-. The van der Waals surface area contributed by atoms with Gasteiger partial charge in [0.2, 0.25) is 0 Å². The molecule has 2 atom stereocenters. The van der Waals surface area contributed by atoms with E-state index in [4.69, 9.17) is 0 Å². The van der Waals surface area contributed by atoms with Gasteiger partial charge in [0.25, 0.3) is 0 Å². The van der Waals surface area contributed by atoms with E-state index in [0.717, 1.165) is 11.8 Å². The van der Waals surface area contributed by atoms with Crippen LogP contribution in [0.25, 0.3) is 0 Å². The molecule has 2 rings (SSSR count). The second-order valence-electron chi connectivity index (χ2n) is 3.13. The number of likely N-dealkylation sites (tertiary alicyclic amines) is 1. The van der Waals surface area contributed by atoms with Gasteiger partial charge in [-0.1, -0.05) is 0 Å². The van der Waals surface area contributed by atoms with Crippen molar-refractivity contribution in [2.45, 2.75) is 12.8 Å². The molecule has 1 nitrogen and oxygen atoms in total. The van der Waals surface area contributed by atoms with E-state index < -0.39 is 0 Å². The fraction of sp³-hybridized carbons (Fsp3) is 0.857. The van der Waals surface area contributed by atoms with Gasteiger partial charge in [0.1, 0.15) is 0 Å². The first kappa shape index (κ1) is 4.80. The second-order valence-corrected chi connectivity index (χ2v) is 3.13. The molecule has 8 heavy (non-hydrogen) atoms. The average Bonchev–Trinajstić information content (AvgIpc) is 1.91. The summed E-state index contributed by atoms with van der Waals surface area (Å²) in [6.45, 7) is 2.54. The molecule has 1 aliphatic heterocycles. The van der Waals surface area contributed by atoms with Crippen molar-refractivity contribution in [3.05, 3.63) is 7.05 Å². The van der Waals surface area contributed by atoms with Crippen LogP contribution in [-0.2, 0) is 0 Å². The van der Waals surface area contributed by atoms with E-state index in [1.54, 1.807) is 0 Å². The van der Waals surface area contributed by atoms with Crippen LogP contribution < -0.4 is 0 Å². The number of rotatable bonds is 0. The van der Waals surface area contributed by atoms with Crippen molar-refractivity contribution in [2.75, 3.05) is 13.1 Å². The van der Waals surface area contributed by atoms with E-state index in [1.807, 2.05) is 0 Å². The van der Waals surface area contributed by atoms with Crippen molar-refractivity contribution >= 4 is 0 Å². The molecule has 0 bridgehead atoms. The van der Waals surface area contributed by atoms with E-state index in [1.165, 1.54) is 25.9 Å². The third-order valence-electron chi connectivity index (χ3n) is 2.56. The minimum Gasteiger partial charge on any atom is -0.459 e. The molecule has 46 valence electrons. The summed E-state index contributed by atoms with van der Waals surface area (Å²) in [5.41, 5.74) is 0. The Morgan fingerprint density at radius 2 is 1.62 bits per heavy atom. The van der Waals surface area contributed by atoms with E-state index >= 15 is 0 Å². The Morgan fingerprint density at radius 1 is 1.12 bits per heavy atom. The first-order valence-corrected chi connectivity index (χ1v) is 3.42. The molecule has 0 unspecified atom stereocenters. The second kappa shape index (κ2) is 1.47.